The van der Waals surface area contributed by atoms with Gasteiger partial charge in [-0.15, -0.1) is 0 Å². The summed E-state index contributed by atoms with van der Waals surface area (Å²) in [5, 5.41) is 16.2. The van der Waals surface area contributed by atoms with Crippen molar-refractivity contribution in [3.8, 4) is 0 Å². The van der Waals surface area contributed by atoms with Crippen molar-refractivity contribution in [2.45, 2.75) is 40.0 Å². The number of esters is 1. The number of hydrogen-bond acceptors (Lipinski definition) is 8. The summed E-state index contributed by atoms with van der Waals surface area (Å²) >= 11 is 0. The highest BCUT2D eigenvalue weighted by Gasteiger charge is 2.32. The number of amides is 1. The summed E-state index contributed by atoms with van der Waals surface area (Å²) in [6.45, 7) is 9.38. The van der Waals surface area contributed by atoms with Gasteiger partial charge in [0.2, 0.25) is 0 Å². The topological polar surface area (TPSA) is 113 Å². The minimum Gasteiger partial charge on any atom is -0.458 e. The van der Waals surface area contributed by atoms with Gasteiger partial charge in [-0.25, -0.2) is 9.78 Å². The number of anilines is 1. The molecule has 0 spiro atoms. The van der Waals surface area contributed by atoms with Crippen LogP contribution in [0.15, 0.2) is 30.3 Å². The number of nitrogens with zero attached hydrogens (tertiary/aromatic N) is 2. The third-order valence-corrected chi connectivity index (χ3v) is 6.30. The van der Waals surface area contributed by atoms with Gasteiger partial charge in [-0.05, 0) is 47.6 Å². The van der Waals surface area contributed by atoms with Crippen LogP contribution in [0.2, 0.25) is 0 Å². The van der Waals surface area contributed by atoms with Crippen LogP contribution in [-0.4, -0.2) is 61.2 Å². The van der Waals surface area contributed by atoms with Gasteiger partial charge in [0, 0.05) is 31.7 Å². The molecule has 0 radical (unpaired) electrons. The van der Waals surface area contributed by atoms with E-state index < -0.39 is 25.0 Å². The van der Waals surface area contributed by atoms with Gasteiger partial charge < -0.3 is 29.9 Å². The summed E-state index contributed by atoms with van der Waals surface area (Å²) in [4.78, 5) is 32.7. The van der Waals surface area contributed by atoms with Gasteiger partial charge in [0.15, 0.2) is 0 Å². The number of ether oxygens (including phenoxy) is 1. The third-order valence-electron chi connectivity index (χ3n) is 6.30. The summed E-state index contributed by atoms with van der Waals surface area (Å²) in [6, 6.07) is 8.33. The monoisotopic (exact) mass is 466 g/mol. The van der Waals surface area contributed by atoms with Gasteiger partial charge in [-0.2, -0.15) is 0 Å². The lowest BCUT2D eigenvalue weighted by atomic mass is 9.75. The molecule has 0 saturated carbocycles. The molecule has 34 heavy (non-hydrogen) atoms. The van der Waals surface area contributed by atoms with Crippen LogP contribution in [0.3, 0.4) is 0 Å². The fraction of sp³-hybridized carbons (Fsp3) is 0.458. The van der Waals surface area contributed by atoms with Gasteiger partial charge in [0.1, 0.15) is 18.5 Å². The third kappa shape index (κ3) is 5.24. The number of pyridine rings is 1. The van der Waals surface area contributed by atoms with Crippen LogP contribution >= 0.6 is 0 Å². The number of hydrogen-bond donors (Lipinski definition) is 3. The van der Waals surface area contributed by atoms with Gasteiger partial charge >= 0.3 is 13.1 Å². The molecule has 2 aliphatic heterocycles. The molecule has 2 aliphatic rings. The van der Waals surface area contributed by atoms with Crippen LogP contribution in [-0.2, 0) is 27.4 Å². The lowest BCUT2D eigenvalue weighted by Crippen LogP contribution is -2.46. The molecule has 1 aromatic carbocycles. The lowest BCUT2D eigenvalue weighted by molar-refractivity contribution is -0.148. The standard InChI is InChI=1S/C24H31BN4O5/c1-15(2)22(28-23(30)19-8-7-17-13-34-25(32)21(17)16(19)3)24(31)33-14-18-5-4-6-20(27-18)29-11-9-26-10-12-29/h4-8,15,22,26,32H,9-14H2,1-3H3,(H,28,30). The normalized spacial score (nSPS) is 16.4. The van der Waals surface area contributed by atoms with Crippen molar-refractivity contribution in [1.29, 1.82) is 0 Å². The first-order valence-corrected chi connectivity index (χ1v) is 11.7. The number of nitrogens with one attached hydrogen (secondary N) is 2. The van der Waals surface area contributed by atoms with E-state index in [1.807, 2.05) is 32.0 Å². The number of aromatic nitrogens is 1. The quantitative estimate of drug-likeness (QED) is 0.400. The Hall–Kier alpha value is -2.95. The zero-order valence-electron chi connectivity index (χ0n) is 19.8. The maximum Gasteiger partial charge on any atom is 0.492 e. The number of carbonyl (C=O) groups excluding carboxylic acids is 2. The molecule has 1 aromatic heterocycles. The molecule has 0 aliphatic carbocycles. The van der Waals surface area contributed by atoms with Crippen LogP contribution in [0.4, 0.5) is 5.82 Å². The van der Waals surface area contributed by atoms with Crippen LogP contribution < -0.4 is 21.0 Å². The largest absolute Gasteiger partial charge is 0.492 e. The molecule has 1 saturated heterocycles. The molecular formula is C24H31BN4O5. The molecule has 10 heteroatoms. The Bertz CT molecular complexity index is 1060. The smallest absolute Gasteiger partial charge is 0.458 e. The minimum atomic E-state index is -1.04. The van der Waals surface area contributed by atoms with E-state index in [4.69, 9.17) is 9.39 Å². The Morgan fingerprint density at radius 1 is 1.26 bits per heavy atom. The number of carbonyl (C=O) groups is 2. The highest BCUT2D eigenvalue weighted by Crippen LogP contribution is 2.18. The molecule has 180 valence electrons. The second-order valence-corrected chi connectivity index (χ2v) is 9.00. The fourth-order valence-electron chi connectivity index (χ4n) is 4.32. The molecule has 3 heterocycles. The number of rotatable bonds is 7. The molecule has 1 atom stereocenters. The maximum atomic E-state index is 13.0. The summed E-state index contributed by atoms with van der Waals surface area (Å²) in [5.41, 5.74) is 3.17. The van der Waals surface area contributed by atoms with Crippen LogP contribution in [0, 0.1) is 12.8 Å². The summed E-state index contributed by atoms with van der Waals surface area (Å²) in [5.74, 6) is -0.226. The van der Waals surface area contributed by atoms with Gasteiger partial charge in [-0.1, -0.05) is 26.0 Å². The van der Waals surface area contributed by atoms with Crippen molar-refractivity contribution in [3.05, 3.63) is 52.7 Å². The van der Waals surface area contributed by atoms with E-state index >= 15 is 0 Å². The molecule has 1 unspecified atom stereocenters. The van der Waals surface area contributed by atoms with E-state index in [2.05, 4.69) is 20.5 Å². The van der Waals surface area contributed by atoms with E-state index in [-0.39, 0.29) is 12.5 Å². The second-order valence-electron chi connectivity index (χ2n) is 9.00. The Kier molecular flexibility index (Phi) is 7.50. The van der Waals surface area contributed by atoms with Crippen molar-refractivity contribution >= 4 is 30.3 Å². The van der Waals surface area contributed by atoms with E-state index in [0.717, 1.165) is 37.6 Å². The van der Waals surface area contributed by atoms with E-state index in [1.54, 1.807) is 19.1 Å². The molecule has 3 N–H and O–H groups in total. The summed E-state index contributed by atoms with van der Waals surface area (Å²) in [6.07, 6.45) is 0. The first-order chi connectivity index (χ1) is 16.3. The predicted octanol–water partition coefficient (Wildman–Crippen LogP) is 0.515. The SMILES string of the molecule is Cc1c(C(=O)NC(C(=O)OCc2cccc(N3CCNCC3)n2)C(C)C)ccc2c1B(O)OC2. The van der Waals surface area contributed by atoms with E-state index in [9.17, 15) is 14.6 Å². The molecule has 9 nitrogen and oxygen atoms in total. The molecule has 4 rings (SSSR count). The summed E-state index contributed by atoms with van der Waals surface area (Å²) in [7, 11) is -1.04. The summed E-state index contributed by atoms with van der Waals surface area (Å²) < 4.78 is 10.8. The second kappa shape index (κ2) is 10.5. The van der Waals surface area contributed by atoms with Gasteiger partial charge in [0.05, 0.1) is 12.3 Å². The first kappa shape index (κ1) is 24.2. The zero-order valence-corrected chi connectivity index (χ0v) is 19.8. The Morgan fingerprint density at radius 3 is 2.76 bits per heavy atom. The first-order valence-electron chi connectivity index (χ1n) is 11.7. The highest BCUT2D eigenvalue weighted by atomic mass is 16.5. The van der Waals surface area contributed by atoms with Gasteiger partial charge in [-0.3, -0.25) is 4.79 Å². The Morgan fingerprint density at radius 2 is 2.03 bits per heavy atom. The average Bonchev–Trinajstić information content (AvgIpc) is 3.23. The van der Waals surface area contributed by atoms with Crippen LogP contribution in [0.1, 0.15) is 41.0 Å². The Labute approximate surface area is 200 Å². The zero-order chi connectivity index (χ0) is 24.2. The molecule has 0 bridgehead atoms. The van der Waals surface area contributed by atoms with Crippen molar-refractivity contribution in [2.24, 2.45) is 5.92 Å². The number of fused-ring (bicyclic) bond motifs is 1. The number of benzene rings is 1. The van der Waals surface area contributed by atoms with E-state index in [0.29, 0.717) is 28.9 Å². The van der Waals surface area contributed by atoms with Crippen LogP contribution in [0.25, 0.3) is 0 Å². The van der Waals surface area contributed by atoms with Crippen molar-refractivity contribution < 1.29 is 24.0 Å². The van der Waals surface area contributed by atoms with Crippen molar-refractivity contribution in [2.75, 3.05) is 31.1 Å². The minimum absolute atomic E-state index is 0.0270. The molecule has 1 fully saturated rings. The number of piperazine rings is 1. The fourth-order valence-corrected chi connectivity index (χ4v) is 4.32. The average molecular weight is 466 g/mol. The maximum absolute atomic E-state index is 13.0. The van der Waals surface area contributed by atoms with Crippen molar-refractivity contribution in [3.63, 3.8) is 0 Å². The molecular weight excluding hydrogens is 435 g/mol. The highest BCUT2D eigenvalue weighted by molar-refractivity contribution is 6.62. The lowest BCUT2D eigenvalue weighted by Gasteiger charge is -2.28. The van der Waals surface area contributed by atoms with Crippen molar-refractivity contribution in [1.82, 2.24) is 15.6 Å². The van der Waals surface area contributed by atoms with Gasteiger partial charge in [0.25, 0.3) is 5.91 Å². The Balaban J connectivity index is 1.41. The molecule has 2 aromatic rings. The van der Waals surface area contributed by atoms with E-state index in [1.165, 1.54) is 0 Å². The molecule has 1 amide bonds. The predicted molar refractivity (Wildman–Crippen MR) is 129 cm³/mol. The van der Waals surface area contributed by atoms with Crippen LogP contribution in [0.5, 0.6) is 0 Å².